The molecule has 0 bridgehead atoms. The highest BCUT2D eigenvalue weighted by Gasteiger charge is 2.31. The minimum Gasteiger partial charge on any atom is -0.288 e. The van der Waals surface area contributed by atoms with Gasteiger partial charge in [0.05, 0.1) is 10.9 Å². The summed E-state index contributed by atoms with van der Waals surface area (Å²) in [6, 6.07) is 6.00. The van der Waals surface area contributed by atoms with Gasteiger partial charge in [-0.1, -0.05) is 12.1 Å². The van der Waals surface area contributed by atoms with E-state index >= 15 is 0 Å². The second kappa shape index (κ2) is 3.49. The first kappa shape index (κ1) is 10.6. The number of para-hydroxylation sites is 1. The van der Waals surface area contributed by atoms with Gasteiger partial charge in [-0.25, -0.2) is 4.98 Å². The topological polar surface area (TPSA) is 81.1 Å². The van der Waals surface area contributed by atoms with E-state index in [2.05, 4.69) is 10.3 Å². The van der Waals surface area contributed by atoms with E-state index in [-0.39, 0.29) is 11.4 Å². The van der Waals surface area contributed by atoms with Crippen LogP contribution in [0.1, 0.15) is 23.6 Å². The lowest BCUT2D eigenvalue weighted by molar-refractivity contribution is -0.123. The number of imide groups is 1. The largest absolute Gasteiger partial charge is 0.294 e. The van der Waals surface area contributed by atoms with Crippen LogP contribution in [0, 0.1) is 0 Å². The third-order valence-corrected chi connectivity index (χ3v) is 3.01. The van der Waals surface area contributed by atoms with Crippen LogP contribution in [0.4, 0.5) is 0 Å². The van der Waals surface area contributed by atoms with E-state index in [9.17, 15) is 14.4 Å². The fourth-order valence-electron chi connectivity index (χ4n) is 2.05. The zero-order chi connectivity index (χ0) is 12.9. The number of hydrogen-bond acceptors (Lipinski definition) is 4. The fourth-order valence-corrected chi connectivity index (χ4v) is 2.05. The number of hydrogen-bond donors (Lipinski definition) is 1. The monoisotopic (exact) mass is 243 g/mol. The molecule has 6 nitrogen and oxygen atoms in total. The van der Waals surface area contributed by atoms with E-state index in [0.29, 0.717) is 10.9 Å². The van der Waals surface area contributed by atoms with Crippen LogP contribution in [0.5, 0.6) is 0 Å². The van der Waals surface area contributed by atoms with Crippen LogP contribution in [0.2, 0.25) is 0 Å². The molecule has 0 saturated heterocycles. The summed E-state index contributed by atoms with van der Waals surface area (Å²) < 4.78 is 1.14. The number of nitrogens with zero attached hydrogens (tertiary/aromatic N) is 2. The first-order valence-electron chi connectivity index (χ1n) is 5.46. The summed E-state index contributed by atoms with van der Waals surface area (Å²) in [4.78, 5) is 39.6. The van der Waals surface area contributed by atoms with Crippen molar-refractivity contribution in [2.75, 3.05) is 0 Å². The highest BCUT2D eigenvalue weighted by molar-refractivity contribution is 6.07. The van der Waals surface area contributed by atoms with E-state index in [1.54, 1.807) is 31.2 Å². The Morgan fingerprint density at radius 2 is 1.94 bits per heavy atom. The molecular weight excluding hydrogens is 234 g/mol. The molecule has 0 spiro atoms. The van der Waals surface area contributed by atoms with E-state index in [4.69, 9.17) is 0 Å². The van der Waals surface area contributed by atoms with Crippen molar-refractivity contribution in [1.82, 2.24) is 14.9 Å². The maximum Gasteiger partial charge on any atom is 0.294 e. The van der Waals surface area contributed by atoms with Gasteiger partial charge in [0.25, 0.3) is 11.5 Å². The lowest BCUT2D eigenvalue weighted by Gasteiger charge is -2.22. The van der Waals surface area contributed by atoms with Gasteiger partial charge in [-0.15, -0.1) is 0 Å². The molecule has 0 radical (unpaired) electrons. The zero-order valence-electron chi connectivity index (χ0n) is 9.51. The number of benzene rings is 1. The summed E-state index contributed by atoms with van der Waals surface area (Å²) in [6.07, 6.45) is 0. The number of carbonyl (C=O) groups excluding carboxylic acids is 2. The van der Waals surface area contributed by atoms with E-state index in [0.717, 1.165) is 4.57 Å². The molecule has 0 fully saturated rings. The fraction of sp³-hybridized carbons (Fsp3) is 0.167. The van der Waals surface area contributed by atoms with Gasteiger partial charge >= 0.3 is 0 Å². The molecule has 1 atom stereocenters. The van der Waals surface area contributed by atoms with Crippen molar-refractivity contribution in [2.24, 2.45) is 0 Å². The average molecular weight is 243 g/mol. The molecule has 1 aromatic carbocycles. The second-order valence-electron chi connectivity index (χ2n) is 4.12. The van der Waals surface area contributed by atoms with Gasteiger partial charge in [0.2, 0.25) is 11.7 Å². The van der Waals surface area contributed by atoms with Gasteiger partial charge in [0, 0.05) is 0 Å². The SMILES string of the molecule is C[C@H]1C(=O)NC(=O)c2nc3ccccc3c(=O)n21. The highest BCUT2D eigenvalue weighted by atomic mass is 16.2. The van der Waals surface area contributed by atoms with Gasteiger partial charge in [-0.3, -0.25) is 24.3 Å². The molecule has 1 aliphatic heterocycles. The quantitative estimate of drug-likeness (QED) is 0.671. The molecule has 90 valence electrons. The number of fused-ring (bicyclic) bond motifs is 2. The number of amides is 2. The number of aromatic nitrogens is 2. The Kier molecular flexibility index (Phi) is 2.07. The molecular formula is C12H9N3O3. The molecule has 18 heavy (non-hydrogen) atoms. The van der Waals surface area contributed by atoms with Crippen LogP contribution in [0.15, 0.2) is 29.1 Å². The van der Waals surface area contributed by atoms with Crippen molar-refractivity contribution in [3.05, 3.63) is 40.4 Å². The van der Waals surface area contributed by atoms with Crippen LogP contribution in [0.3, 0.4) is 0 Å². The predicted molar refractivity (Wildman–Crippen MR) is 63.2 cm³/mol. The van der Waals surface area contributed by atoms with E-state index < -0.39 is 17.9 Å². The van der Waals surface area contributed by atoms with Gasteiger partial charge in [-0.2, -0.15) is 0 Å². The Bertz CT molecular complexity index is 748. The average Bonchev–Trinajstić information content (AvgIpc) is 2.36. The van der Waals surface area contributed by atoms with Crippen molar-refractivity contribution >= 4 is 22.7 Å². The first-order valence-corrected chi connectivity index (χ1v) is 5.46. The van der Waals surface area contributed by atoms with Crippen LogP contribution < -0.4 is 10.9 Å². The molecule has 1 N–H and O–H groups in total. The van der Waals surface area contributed by atoms with Gasteiger partial charge in [0.15, 0.2) is 0 Å². The first-order chi connectivity index (χ1) is 8.59. The maximum atomic E-state index is 12.3. The lowest BCUT2D eigenvalue weighted by Crippen LogP contribution is -2.48. The molecule has 2 aromatic rings. The Hall–Kier alpha value is -2.50. The Labute approximate surface area is 101 Å². The molecule has 2 heterocycles. The Balaban J connectivity index is 2.46. The predicted octanol–water partition coefficient (Wildman–Crippen LogP) is 0.228. The maximum absolute atomic E-state index is 12.3. The van der Waals surface area contributed by atoms with E-state index in [1.807, 2.05) is 0 Å². The van der Waals surface area contributed by atoms with Crippen molar-refractivity contribution in [3.63, 3.8) is 0 Å². The van der Waals surface area contributed by atoms with Crippen LogP contribution in [0.25, 0.3) is 10.9 Å². The third kappa shape index (κ3) is 1.29. The third-order valence-electron chi connectivity index (χ3n) is 3.01. The Morgan fingerprint density at radius 1 is 1.22 bits per heavy atom. The molecule has 0 unspecified atom stereocenters. The van der Waals surface area contributed by atoms with E-state index in [1.165, 1.54) is 0 Å². The summed E-state index contributed by atoms with van der Waals surface area (Å²) in [7, 11) is 0. The van der Waals surface area contributed by atoms with Crippen LogP contribution >= 0.6 is 0 Å². The molecule has 3 rings (SSSR count). The minimum atomic E-state index is -0.734. The standard InChI is InChI=1S/C12H9N3O3/c1-6-10(16)14-11(17)9-13-8-5-3-2-4-7(8)12(18)15(6)9/h2-6H,1H3,(H,14,16,17)/t6-/m0/s1. The summed E-state index contributed by atoms with van der Waals surface area (Å²) in [5.74, 6) is -1.15. The summed E-state index contributed by atoms with van der Waals surface area (Å²) >= 11 is 0. The van der Waals surface area contributed by atoms with Crippen molar-refractivity contribution in [3.8, 4) is 0 Å². The van der Waals surface area contributed by atoms with Crippen molar-refractivity contribution in [2.45, 2.75) is 13.0 Å². The Morgan fingerprint density at radius 3 is 2.72 bits per heavy atom. The summed E-state index contributed by atoms with van der Waals surface area (Å²) in [6.45, 7) is 1.56. The van der Waals surface area contributed by atoms with Crippen LogP contribution in [-0.4, -0.2) is 21.4 Å². The van der Waals surface area contributed by atoms with Crippen LogP contribution in [-0.2, 0) is 4.79 Å². The molecule has 0 saturated carbocycles. The minimum absolute atomic E-state index is 0.0224. The van der Waals surface area contributed by atoms with Gasteiger partial charge < -0.3 is 0 Å². The summed E-state index contributed by atoms with van der Waals surface area (Å²) in [5.41, 5.74) is 0.0803. The smallest absolute Gasteiger partial charge is 0.288 e. The van der Waals surface area contributed by atoms with Crippen molar-refractivity contribution < 1.29 is 9.59 Å². The lowest BCUT2D eigenvalue weighted by atomic mass is 10.2. The summed E-state index contributed by atoms with van der Waals surface area (Å²) in [5, 5.41) is 2.58. The molecule has 2 amide bonds. The van der Waals surface area contributed by atoms with Gasteiger partial charge in [-0.05, 0) is 19.1 Å². The molecule has 1 aliphatic rings. The molecule has 1 aromatic heterocycles. The van der Waals surface area contributed by atoms with Gasteiger partial charge in [0.1, 0.15) is 6.04 Å². The zero-order valence-corrected chi connectivity index (χ0v) is 9.51. The number of carbonyl (C=O) groups is 2. The molecule has 6 heteroatoms. The van der Waals surface area contributed by atoms with Crippen molar-refractivity contribution in [1.29, 1.82) is 0 Å². The normalized spacial score (nSPS) is 18.6. The highest BCUT2D eigenvalue weighted by Crippen LogP contribution is 2.15. The number of rotatable bonds is 0. The number of nitrogens with one attached hydrogen (secondary N) is 1. The second-order valence-corrected chi connectivity index (χ2v) is 4.12. The molecule has 0 aliphatic carbocycles.